The van der Waals surface area contributed by atoms with Crippen LogP contribution in [0.5, 0.6) is 0 Å². The number of benzene rings is 1. The Bertz CT molecular complexity index is 533. The summed E-state index contributed by atoms with van der Waals surface area (Å²) in [5.74, 6) is 0. The highest BCUT2D eigenvalue weighted by atomic mass is 35.5. The lowest BCUT2D eigenvalue weighted by Gasteiger charge is -2.21. The summed E-state index contributed by atoms with van der Waals surface area (Å²) in [7, 11) is 2.01. The van der Waals surface area contributed by atoms with Gasteiger partial charge in [-0.15, -0.1) is 0 Å². The largest absolute Gasteiger partial charge is 0.387 e. The highest BCUT2D eigenvalue weighted by molar-refractivity contribution is 6.30. The lowest BCUT2D eigenvalue weighted by Crippen LogP contribution is -2.26. The van der Waals surface area contributed by atoms with Crippen LogP contribution in [0.4, 0.5) is 0 Å². The molecule has 0 aliphatic carbocycles. The Labute approximate surface area is 124 Å². The van der Waals surface area contributed by atoms with E-state index in [0.717, 1.165) is 18.5 Å². The van der Waals surface area contributed by atoms with E-state index >= 15 is 0 Å². The van der Waals surface area contributed by atoms with Crippen LogP contribution in [-0.2, 0) is 6.42 Å². The van der Waals surface area contributed by atoms with Gasteiger partial charge >= 0.3 is 0 Å². The highest BCUT2D eigenvalue weighted by Crippen LogP contribution is 2.18. The quantitative estimate of drug-likeness (QED) is 0.889. The lowest BCUT2D eigenvalue weighted by atomic mass is 10.1. The van der Waals surface area contributed by atoms with Gasteiger partial charge in [0, 0.05) is 30.5 Å². The lowest BCUT2D eigenvalue weighted by molar-refractivity contribution is 0.127. The van der Waals surface area contributed by atoms with E-state index in [0.29, 0.717) is 11.6 Å². The van der Waals surface area contributed by atoms with Crippen molar-refractivity contribution in [2.75, 3.05) is 20.1 Å². The molecule has 0 spiro atoms. The van der Waals surface area contributed by atoms with Crippen molar-refractivity contribution in [1.29, 1.82) is 0 Å². The van der Waals surface area contributed by atoms with Crippen molar-refractivity contribution in [3.8, 4) is 0 Å². The Morgan fingerprint density at radius 3 is 2.70 bits per heavy atom. The Morgan fingerprint density at radius 1 is 1.25 bits per heavy atom. The molecule has 4 heteroatoms. The van der Waals surface area contributed by atoms with E-state index in [1.54, 1.807) is 12.4 Å². The van der Waals surface area contributed by atoms with Gasteiger partial charge in [0.05, 0.1) is 6.10 Å². The molecule has 0 aliphatic heterocycles. The molecule has 0 unspecified atom stereocenters. The second kappa shape index (κ2) is 7.39. The van der Waals surface area contributed by atoms with E-state index in [1.165, 1.54) is 5.56 Å². The molecule has 0 saturated heterocycles. The van der Waals surface area contributed by atoms with Gasteiger partial charge in [0.1, 0.15) is 0 Å². The number of halogens is 1. The molecule has 2 rings (SSSR count). The predicted octanol–water partition coefficient (Wildman–Crippen LogP) is 2.94. The fourth-order valence-corrected chi connectivity index (χ4v) is 2.27. The molecular weight excluding hydrogens is 272 g/mol. The fourth-order valence-electron chi connectivity index (χ4n) is 2.08. The van der Waals surface area contributed by atoms with Crippen molar-refractivity contribution in [1.82, 2.24) is 9.88 Å². The molecule has 0 radical (unpaired) electrons. The minimum atomic E-state index is -0.517. The molecule has 1 N–H and O–H groups in total. The third-order valence-corrected chi connectivity index (χ3v) is 3.48. The minimum Gasteiger partial charge on any atom is -0.387 e. The Hall–Kier alpha value is -1.42. The summed E-state index contributed by atoms with van der Waals surface area (Å²) in [4.78, 5) is 6.12. The summed E-state index contributed by atoms with van der Waals surface area (Å²) < 4.78 is 0. The first-order valence-corrected chi connectivity index (χ1v) is 7.04. The second-order valence-electron chi connectivity index (χ2n) is 4.94. The van der Waals surface area contributed by atoms with E-state index in [2.05, 4.69) is 9.88 Å². The first-order chi connectivity index (χ1) is 9.65. The zero-order valence-electron chi connectivity index (χ0n) is 11.5. The van der Waals surface area contributed by atoms with Gasteiger partial charge < -0.3 is 10.0 Å². The highest BCUT2D eigenvalue weighted by Gasteiger charge is 2.11. The van der Waals surface area contributed by atoms with E-state index in [9.17, 15) is 5.11 Å². The number of hydrogen-bond donors (Lipinski definition) is 1. The normalized spacial score (nSPS) is 12.6. The van der Waals surface area contributed by atoms with Gasteiger partial charge in [0.25, 0.3) is 0 Å². The molecular formula is C16H19ClN2O. The molecule has 1 aromatic carbocycles. The van der Waals surface area contributed by atoms with Crippen LogP contribution >= 0.6 is 11.6 Å². The van der Waals surface area contributed by atoms with E-state index < -0.39 is 6.10 Å². The molecule has 1 atom stereocenters. The van der Waals surface area contributed by atoms with Gasteiger partial charge in [0.2, 0.25) is 0 Å². The van der Waals surface area contributed by atoms with Crippen LogP contribution in [0.1, 0.15) is 17.2 Å². The van der Waals surface area contributed by atoms with Gasteiger partial charge in [-0.1, -0.05) is 23.7 Å². The molecule has 0 amide bonds. The number of pyridine rings is 1. The smallest absolute Gasteiger partial charge is 0.0917 e. The van der Waals surface area contributed by atoms with Gasteiger partial charge in [0.15, 0.2) is 0 Å². The fraction of sp³-hybridized carbons (Fsp3) is 0.312. The third-order valence-electron chi connectivity index (χ3n) is 3.25. The number of nitrogens with zero attached hydrogens (tertiary/aromatic N) is 2. The van der Waals surface area contributed by atoms with Crippen molar-refractivity contribution in [3.63, 3.8) is 0 Å². The first kappa shape index (κ1) is 15.0. The standard InChI is InChI=1S/C16H19ClN2O/c1-19(10-7-13-5-8-18-9-6-13)12-16(20)14-3-2-4-15(17)11-14/h2-6,8-9,11,16,20H,7,10,12H2,1H3/t16-/m1/s1. The van der Waals surface area contributed by atoms with Crippen LogP contribution in [0.25, 0.3) is 0 Å². The number of aromatic nitrogens is 1. The van der Waals surface area contributed by atoms with E-state index in [-0.39, 0.29) is 0 Å². The summed E-state index contributed by atoms with van der Waals surface area (Å²) in [5, 5.41) is 10.9. The van der Waals surface area contributed by atoms with Gasteiger partial charge in [-0.3, -0.25) is 4.98 Å². The molecule has 3 nitrogen and oxygen atoms in total. The number of rotatable bonds is 6. The second-order valence-corrected chi connectivity index (χ2v) is 5.37. The van der Waals surface area contributed by atoms with Crippen LogP contribution in [0.2, 0.25) is 5.02 Å². The summed E-state index contributed by atoms with van der Waals surface area (Å²) in [6, 6.07) is 11.4. The summed E-state index contributed by atoms with van der Waals surface area (Å²) in [6.07, 6.45) is 4.03. The van der Waals surface area contributed by atoms with Crippen LogP contribution < -0.4 is 0 Å². The zero-order chi connectivity index (χ0) is 14.4. The van der Waals surface area contributed by atoms with Crippen LogP contribution in [0.3, 0.4) is 0 Å². The molecule has 1 aromatic heterocycles. The SMILES string of the molecule is CN(CCc1ccncc1)C[C@@H](O)c1cccc(Cl)c1. The monoisotopic (exact) mass is 290 g/mol. The molecule has 106 valence electrons. The zero-order valence-corrected chi connectivity index (χ0v) is 12.3. The van der Waals surface area contributed by atoms with Crippen LogP contribution in [0.15, 0.2) is 48.8 Å². The van der Waals surface area contributed by atoms with Crippen molar-refractivity contribution in [2.45, 2.75) is 12.5 Å². The Morgan fingerprint density at radius 2 is 2.00 bits per heavy atom. The summed E-state index contributed by atoms with van der Waals surface area (Å²) >= 11 is 5.94. The van der Waals surface area contributed by atoms with Gasteiger partial charge in [-0.05, 0) is 48.9 Å². The topological polar surface area (TPSA) is 36.4 Å². The number of likely N-dealkylation sites (N-methyl/N-ethyl adjacent to an activating group) is 1. The van der Waals surface area contributed by atoms with Crippen molar-refractivity contribution in [2.24, 2.45) is 0 Å². The van der Waals surface area contributed by atoms with Crippen LogP contribution in [-0.4, -0.2) is 35.1 Å². The van der Waals surface area contributed by atoms with Crippen molar-refractivity contribution in [3.05, 3.63) is 64.9 Å². The number of aliphatic hydroxyl groups is 1. The van der Waals surface area contributed by atoms with Crippen molar-refractivity contribution >= 4 is 11.6 Å². The van der Waals surface area contributed by atoms with E-state index in [4.69, 9.17) is 11.6 Å². The maximum Gasteiger partial charge on any atom is 0.0917 e. The molecule has 0 fully saturated rings. The maximum absolute atomic E-state index is 10.2. The molecule has 20 heavy (non-hydrogen) atoms. The van der Waals surface area contributed by atoms with Crippen LogP contribution in [0, 0.1) is 0 Å². The van der Waals surface area contributed by atoms with Crippen molar-refractivity contribution < 1.29 is 5.11 Å². The molecule has 0 aliphatic rings. The maximum atomic E-state index is 10.2. The number of hydrogen-bond acceptors (Lipinski definition) is 3. The molecule has 2 aromatic rings. The summed E-state index contributed by atoms with van der Waals surface area (Å²) in [6.45, 7) is 1.48. The Balaban J connectivity index is 1.83. The predicted molar refractivity (Wildman–Crippen MR) is 81.8 cm³/mol. The van der Waals surface area contributed by atoms with Gasteiger partial charge in [-0.25, -0.2) is 0 Å². The summed E-state index contributed by atoms with van der Waals surface area (Å²) in [5.41, 5.74) is 2.11. The molecule has 1 heterocycles. The minimum absolute atomic E-state index is 0.517. The Kier molecular flexibility index (Phi) is 5.53. The van der Waals surface area contributed by atoms with Gasteiger partial charge in [-0.2, -0.15) is 0 Å². The van der Waals surface area contributed by atoms with E-state index in [1.807, 2.05) is 43.4 Å². The third kappa shape index (κ3) is 4.60. The first-order valence-electron chi connectivity index (χ1n) is 6.66. The average molecular weight is 291 g/mol. The molecule has 0 saturated carbocycles. The molecule has 0 bridgehead atoms. The average Bonchev–Trinajstić information content (AvgIpc) is 2.46. The number of aliphatic hydroxyl groups excluding tert-OH is 1.